The molecule has 0 bridgehead atoms. The summed E-state index contributed by atoms with van der Waals surface area (Å²) in [5.74, 6) is -3.68. The molecule has 2 aliphatic rings. The summed E-state index contributed by atoms with van der Waals surface area (Å²) < 4.78 is 95.3. The Kier molecular flexibility index (Phi) is 8.70. The van der Waals surface area contributed by atoms with Gasteiger partial charge < -0.3 is 21.1 Å². The van der Waals surface area contributed by atoms with Gasteiger partial charge in [0.15, 0.2) is 5.82 Å². The molecule has 3 aromatic rings. The highest BCUT2D eigenvalue weighted by Crippen LogP contribution is 2.36. The van der Waals surface area contributed by atoms with E-state index >= 15 is 0 Å². The maximum Gasteiger partial charge on any atom is 0.426 e. The average Bonchev–Trinajstić information content (AvgIpc) is 3.52. The highest BCUT2D eigenvalue weighted by molar-refractivity contribution is 5.97. The second-order valence-electron chi connectivity index (χ2n) is 12.0. The molecule has 1 aromatic carbocycles. The van der Waals surface area contributed by atoms with Gasteiger partial charge in [-0.3, -0.25) is 14.5 Å². The van der Waals surface area contributed by atoms with Crippen molar-refractivity contribution in [2.24, 2.45) is 5.92 Å². The van der Waals surface area contributed by atoms with Crippen LogP contribution in [-0.4, -0.2) is 97.7 Å². The van der Waals surface area contributed by atoms with E-state index in [4.69, 9.17) is 5.73 Å². The molecule has 4 N–H and O–H groups in total. The van der Waals surface area contributed by atoms with Crippen LogP contribution in [0.15, 0.2) is 30.6 Å². The number of anilines is 1. The van der Waals surface area contributed by atoms with Gasteiger partial charge in [-0.25, -0.2) is 13.9 Å². The Balaban J connectivity index is 1.37. The molecular weight excluding hydrogens is 627 g/mol. The molecule has 2 aliphatic heterocycles. The zero-order valence-corrected chi connectivity index (χ0v) is 24.8. The Bertz CT molecular complexity index is 1630. The molecule has 46 heavy (non-hydrogen) atoms. The Morgan fingerprint density at radius 3 is 2.39 bits per heavy atom. The van der Waals surface area contributed by atoms with Crippen molar-refractivity contribution in [3.05, 3.63) is 47.3 Å². The number of nitrogens with two attached hydrogens (primary N) is 1. The molecule has 0 spiro atoms. The minimum absolute atomic E-state index is 0.0289. The molecule has 2 aromatic heterocycles. The van der Waals surface area contributed by atoms with Gasteiger partial charge in [-0.15, -0.1) is 0 Å². The molecule has 4 heterocycles. The van der Waals surface area contributed by atoms with Crippen LogP contribution in [0, 0.1) is 12.8 Å². The lowest BCUT2D eigenvalue weighted by Gasteiger charge is -2.32. The number of nitrogen functional groups attached to an aromatic ring is 1. The quantitative estimate of drug-likeness (QED) is 0.345. The van der Waals surface area contributed by atoms with Gasteiger partial charge in [0.2, 0.25) is 5.60 Å². The number of piperidine rings is 1. The Hall–Kier alpha value is -3.99. The number of aryl methyl sites for hydroxylation is 1. The first-order chi connectivity index (χ1) is 21.4. The van der Waals surface area contributed by atoms with E-state index in [2.05, 4.69) is 15.4 Å². The summed E-state index contributed by atoms with van der Waals surface area (Å²) in [6.45, 7) is 1.32. The van der Waals surface area contributed by atoms with Crippen molar-refractivity contribution in [3.8, 4) is 11.3 Å². The zero-order valence-electron chi connectivity index (χ0n) is 24.8. The van der Waals surface area contributed by atoms with E-state index in [9.17, 15) is 45.4 Å². The minimum atomic E-state index is -5.28. The topological polar surface area (TPSA) is 129 Å². The number of likely N-dealkylation sites (tertiary alicyclic amines) is 2. The van der Waals surface area contributed by atoms with Gasteiger partial charge in [-0.05, 0) is 63.0 Å². The van der Waals surface area contributed by atoms with Crippen molar-refractivity contribution < 1.29 is 45.4 Å². The lowest BCUT2D eigenvalue weighted by Crippen LogP contribution is -2.56. The van der Waals surface area contributed by atoms with Gasteiger partial charge in [0.1, 0.15) is 18.0 Å². The molecule has 10 nitrogen and oxygen atoms in total. The predicted octanol–water partition coefficient (Wildman–Crippen LogP) is 3.65. The fraction of sp³-hybridized carbons (Fsp3) is 0.517. The number of fused-ring (bicyclic) bond motifs is 1. The summed E-state index contributed by atoms with van der Waals surface area (Å²) in [4.78, 5) is 32.1. The standard InChI is InChI=1S/C29H32F7N7O3/c1-15-3-4-16(9-19(15)25(44)40-21-13-42(12-20(21)30)26(45)27(2,46)29(34,35)36)22-10-17(23-24(37)38-14-39-43(22)23)11-41-7-5-18(6-8-41)28(31,32)33/h3-4,9-10,14,18,20-21,46H,5-8,11-13H2,1-2H3,(H,40,44)(H2,37,38,39)/t20-,21+,27?/m0/s1. The third-order valence-electron chi connectivity index (χ3n) is 8.70. The van der Waals surface area contributed by atoms with E-state index in [0.717, 1.165) is 0 Å². The number of amides is 2. The summed E-state index contributed by atoms with van der Waals surface area (Å²) in [5, 5.41) is 16.5. The van der Waals surface area contributed by atoms with Gasteiger partial charge in [0.05, 0.1) is 24.2 Å². The summed E-state index contributed by atoms with van der Waals surface area (Å²) in [6, 6.07) is 5.28. The first-order valence-electron chi connectivity index (χ1n) is 14.4. The maximum atomic E-state index is 14.8. The van der Waals surface area contributed by atoms with Crippen LogP contribution in [0.2, 0.25) is 0 Å². The Morgan fingerprint density at radius 1 is 1.09 bits per heavy atom. The first kappa shape index (κ1) is 33.4. The lowest BCUT2D eigenvalue weighted by atomic mass is 9.96. The third-order valence-corrected chi connectivity index (χ3v) is 8.70. The number of nitrogens with zero attached hydrogens (tertiary/aromatic N) is 5. The highest BCUT2D eigenvalue weighted by atomic mass is 19.4. The fourth-order valence-corrected chi connectivity index (χ4v) is 5.90. The number of carbonyl (C=O) groups is 2. The van der Waals surface area contributed by atoms with Gasteiger partial charge in [0.25, 0.3) is 11.8 Å². The molecule has 2 fully saturated rings. The fourth-order valence-electron chi connectivity index (χ4n) is 5.90. The van der Waals surface area contributed by atoms with Crippen LogP contribution in [0.1, 0.15) is 41.3 Å². The van der Waals surface area contributed by atoms with E-state index in [0.29, 0.717) is 32.8 Å². The molecule has 250 valence electrons. The van der Waals surface area contributed by atoms with Crippen molar-refractivity contribution in [1.82, 2.24) is 29.7 Å². The van der Waals surface area contributed by atoms with Crippen molar-refractivity contribution >= 4 is 23.1 Å². The monoisotopic (exact) mass is 659 g/mol. The van der Waals surface area contributed by atoms with Crippen molar-refractivity contribution in [3.63, 3.8) is 0 Å². The van der Waals surface area contributed by atoms with E-state index in [1.807, 2.05) is 4.90 Å². The summed E-state index contributed by atoms with van der Waals surface area (Å²) in [7, 11) is 0. The van der Waals surface area contributed by atoms with Gasteiger partial charge in [0, 0.05) is 24.2 Å². The number of hydrogen-bond donors (Lipinski definition) is 3. The van der Waals surface area contributed by atoms with Crippen molar-refractivity contribution in [2.75, 3.05) is 31.9 Å². The van der Waals surface area contributed by atoms with E-state index in [-0.39, 0.29) is 50.8 Å². The number of alkyl halides is 7. The second-order valence-corrected chi connectivity index (χ2v) is 12.0. The number of benzene rings is 1. The van der Waals surface area contributed by atoms with Crippen molar-refractivity contribution in [1.29, 1.82) is 0 Å². The average molecular weight is 660 g/mol. The van der Waals surface area contributed by atoms with Gasteiger partial charge in [-0.1, -0.05) is 12.1 Å². The number of hydrogen-bond acceptors (Lipinski definition) is 7. The van der Waals surface area contributed by atoms with E-state index in [1.54, 1.807) is 25.1 Å². The largest absolute Gasteiger partial charge is 0.426 e. The number of rotatable bonds is 6. The normalized spacial score (nSPS) is 21.5. The SMILES string of the molecule is Cc1ccc(-c2cc(CN3CCC(C(F)(F)F)CC3)c3c(N)ncnn23)cc1C(=O)N[C@@H]1CN(C(=O)C(C)(O)C(F)(F)F)C[C@@H]1F. The van der Waals surface area contributed by atoms with Crippen LogP contribution in [0.25, 0.3) is 16.8 Å². The molecule has 2 amide bonds. The molecule has 17 heteroatoms. The van der Waals surface area contributed by atoms with Gasteiger partial charge in [-0.2, -0.15) is 31.4 Å². The molecule has 3 atom stereocenters. The molecule has 0 aliphatic carbocycles. The molecule has 5 rings (SSSR count). The van der Waals surface area contributed by atoms with Gasteiger partial charge >= 0.3 is 12.4 Å². The van der Waals surface area contributed by atoms with E-state index < -0.39 is 61.0 Å². The number of aliphatic hydroxyl groups is 1. The molecule has 1 unspecified atom stereocenters. The second kappa shape index (κ2) is 12.0. The third kappa shape index (κ3) is 6.34. The smallest absolute Gasteiger partial charge is 0.382 e. The molecule has 0 saturated carbocycles. The number of halogens is 7. The Morgan fingerprint density at radius 2 is 1.76 bits per heavy atom. The van der Waals surface area contributed by atoms with Crippen molar-refractivity contribution in [2.45, 2.75) is 63.4 Å². The lowest BCUT2D eigenvalue weighted by molar-refractivity contribution is -0.249. The molecule has 2 saturated heterocycles. The minimum Gasteiger partial charge on any atom is -0.382 e. The number of aromatic nitrogens is 3. The molecular formula is C29H32F7N7O3. The van der Waals surface area contributed by atoms with Crippen LogP contribution in [-0.2, 0) is 11.3 Å². The number of carbonyl (C=O) groups excluding carboxylic acids is 2. The molecule has 0 radical (unpaired) electrons. The first-order valence-corrected chi connectivity index (χ1v) is 14.4. The summed E-state index contributed by atoms with van der Waals surface area (Å²) in [5.41, 5.74) is 5.16. The van der Waals surface area contributed by atoms with Crippen LogP contribution >= 0.6 is 0 Å². The Labute approximate surface area is 258 Å². The van der Waals surface area contributed by atoms with Crippen LogP contribution in [0.4, 0.5) is 36.6 Å². The zero-order chi connectivity index (χ0) is 33.8. The maximum absolute atomic E-state index is 14.8. The van der Waals surface area contributed by atoms with Crippen LogP contribution in [0.5, 0.6) is 0 Å². The predicted molar refractivity (Wildman–Crippen MR) is 151 cm³/mol. The number of nitrogens with one attached hydrogen (secondary N) is 1. The van der Waals surface area contributed by atoms with E-state index in [1.165, 1.54) is 16.9 Å². The summed E-state index contributed by atoms with van der Waals surface area (Å²) in [6.07, 6.45) is -10.2. The van der Waals surface area contributed by atoms with Crippen LogP contribution < -0.4 is 11.1 Å². The highest BCUT2D eigenvalue weighted by Gasteiger charge is 2.58. The van der Waals surface area contributed by atoms with Crippen LogP contribution in [0.3, 0.4) is 0 Å². The summed E-state index contributed by atoms with van der Waals surface area (Å²) >= 11 is 0.